The molecule has 0 N–H and O–H groups in total. The predicted molar refractivity (Wildman–Crippen MR) is 30.5 cm³/mol. The molecule has 10 heteroatoms. The predicted octanol–water partition coefficient (Wildman–Crippen LogP) is 2.53. The molecule has 0 aromatic heterocycles. The van der Waals surface area contributed by atoms with E-state index >= 15 is 0 Å². The molecule has 0 spiro atoms. The monoisotopic (exact) mass is 223 g/mol. The quantitative estimate of drug-likeness (QED) is 0.262. The van der Waals surface area contributed by atoms with Gasteiger partial charge in [0.25, 0.3) is 0 Å². The van der Waals surface area contributed by atoms with E-state index in [9.17, 15) is 30.7 Å². The Kier molecular flexibility index (Phi) is 3.75. The summed E-state index contributed by atoms with van der Waals surface area (Å²) in [4.78, 5) is 4.77. The normalized spacial score (nSPS) is 13.5. The zero-order chi connectivity index (χ0) is 11.4. The molecule has 0 radical (unpaired) electrons. The minimum absolute atomic E-state index is 0.667. The van der Waals surface area contributed by atoms with Crippen molar-refractivity contribution in [3.8, 4) is 0 Å². The molecule has 0 aliphatic rings. The Bertz CT molecular complexity index is 278. The molecular weight excluding hydrogens is 223 g/mol. The Morgan fingerprint density at radius 3 is 1.79 bits per heavy atom. The molecule has 0 amide bonds. The maximum absolute atomic E-state index is 11.8. The first-order valence-corrected chi connectivity index (χ1v) is 2.66. The number of rotatable bonds is 0. The van der Waals surface area contributed by atoms with Crippen LogP contribution in [0.4, 0.5) is 30.7 Å². The van der Waals surface area contributed by atoms with E-state index in [4.69, 9.17) is 0 Å². The molecule has 14 heavy (non-hydrogen) atoms. The van der Waals surface area contributed by atoms with Crippen LogP contribution in [0.25, 0.3) is 0 Å². The summed E-state index contributed by atoms with van der Waals surface area (Å²) in [6, 6.07) is 0.667. The van der Waals surface area contributed by atoms with Crippen LogP contribution in [-0.4, -0.2) is 24.7 Å². The molecule has 80 valence electrons. The van der Waals surface area contributed by atoms with E-state index in [0.29, 0.717) is 6.01 Å². The lowest BCUT2D eigenvalue weighted by molar-refractivity contribution is -0.120. The highest BCUT2D eigenvalue weighted by Crippen LogP contribution is 2.17. The molecule has 0 aliphatic heterocycles. The van der Waals surface area contributed by atoms with Gasteiger partial charge in [-0.15, -0.1) is 41.3 Å². The minimum atomic E-state index is -5.24. The van der Waals surface area contributed by atoms with Gasteiger partial charge < -0.3 is 0 Å². The molecule has 0 atom stereocenters. The fraction of sp³-hybridized carbons (Fsp3) is 0.500. The van der Waals surface area contributed by atoms with E-state index in [1.807, 2.05) is 4.99 Å². The van der Waals surface area contributed by atoms with Crippen LogP contribution < -0.4 is 0 Å². The highest BCUT2D eigenvalue weighted by Gasteiger charge is 2.28. The molecule has 0 aromatic carbocycles. The summed E-state index contributed by atoms with van der Waals surface area (Å²) >= 11 is 0. The molecule has 0 unspecified atom stereocenters. The van der Waals surface area contributed by atoms with Gasteiger partial charge in [0.05, 0.1) is 0 Å². The van der Waals surface area contributed by atoms with Gasteiger partial charge in [0.1, 0.15) is 6.01 Å². The van der Waals surface area contributed by atoms with E-state index in [1.54, 1.807) is 0 Å². The van der Waals surface area contributed by atoms with Crippen LogP contribution in [0.2, 0.25) is 0 Å². The average Bonchev–Trinajstić information content (AvgIpc) is 1.78. The summed E-state index contributed by atoms with van der Waals surface area (Å²) in [5.74, 6) is 0. The van der Waals surface area contributed by atoms with Crippen molar-refractivity contribution in [3.63, 3.8) is 0 Å². The summed E-state index contributed by atoms with van der Waals surface area (Å²) in [7, 11) is 0. The van der Waals surface area contributed by atoms with Crippen molar-refractivity contribution >= 4 is 12.1 Å². The molecule has 0 aromatic rings. The van der Waals surface area contributed by atoms with Crippen molar-refractivity contribution < 1.29 is 30.7 Å². The highest BCUT2D eigenvalue weighted by atomic mass is 19.4. The SMILES string of the molecule is FC(N=C=NC(F)(F)F)=NC(F)(F)F. The fourth-order valence-corrected chi connectivity index (χ4v) is 0.253. The zero-order valence-corrected chi connectivity index (χ0v) is 5.99. The smallest absolute Gasteiger partial charge is 0.161 e. The Balaban J connectivity index is 4.56. The first-order valence-electron chi connectivity index (χ1n) is 2.66. The van der Waals surface area contributed by atoms with Crippen molar-refractivity contribution in [1.82, 2.24) is 0 Å². The molecule has 3 nitrogen and oxygen atoms in total. The van der Waals surface area contributed by atoms with Gasteiger partial charge in [0.15, 0.2) is 0 Å². The lowest BCUT2D eigenvalue weighted by atomic mass is 11.0. The first-order chi connectivity index (χ1) is 6.10. The Morgan fingerprint density at radius 2 is 1.43 bits per heavy atom. The van der Waals surface area contributed by atoms with Crippen LogP contribution in [0, 0.1) is 0 Å². The van der Waals surface area contributed by atoms with Crippen LogP contribution in [0.5, 0.6) is 0 Å². The second kappa shape index (κ2) is 4.18. The van der Waals surface area contributed by atoms with Gasteiger partial charge in [0.2, 0.25) is 0 Å². The standard InChI is InChI=1S/C4F7N3/c5-2(14-4(9,10)11)12-1-13-3(6,7)8. The van der Waals surface area contributed by atoms with E-state index in [1.165, 1.54) is 9.98 Å². The molecule has 0 aliphatic carbocycles. The van der Waals surface area contributed by atoms with Gasteiger partial charge in [-0.3, -0.25) is 0 Å². The second-order valence-corrected chi connectivity index (χ2v) is 1.64. The number of hydrogen-bond acceptors (Lipinski definition) is 2. The highest BCUT2D eigenvalue weighted by molar-refractivity contribution is 5.79. The number of amidine groups is 1. The summed E-state index contributed by atoms with van der Waals surface area (Å²) < 4.78 is 79.0. The first kappa shape index (κ1) is 12.6. The van der Waals surface area contributed by atoms with Crippen LogP contribution >= 0.6 is 0 Å². The fourth-order valence-electron chi connectivity index (χ4n) is 0.253. The number of aliphatic imine (C=N–C) groups is 3. The van der Waals surface area contributed by atoms with E-state index in [0.717, 1.165) is 0 Å². The molecule has 0 fully saturated rings. The number of nitrogens with zero attached hydrogens (tertiary/aromatic N) is 3. The van der Waals surface area contributed by atoms with Crippen molar-refractivity contribution in [2.24, 2.45) is 15.0 Å². The third kappa shape index (κ3) is 8.65. The average molecular weight is 223 g/mol. The summed E-state index contributed by atoms with van der Waals surface area (Å²) in [6.45, 7) is 0. The number of alkyl halides is 6. The lowest BCUT2D eigenvalue weighted by Crippen LogP contribution is -2.05. The zero-order valence-electron chi connectivity index (χ0n) is 5.99. The summed E-state index contributed by atoms with van der Waals surface area (Å²) in [5, 5.41) is 0. The summed E-state index contributed by atoms with van der Waals surface area (Å²) in [5.41, 5.74) is 0. The number of hydrogen-bond donors (Lipinski definition) is 0. The Morgan fingerprint density at radius 1 is 0.929 bits per heavy atom. The molecule has 0 saturated carbocycles. The molecule has 0 heterocycles. The Hall–Kier alpha value is -1.44. The van der Waals surface area contributed by atoms with Crippen molar-refractivity contribution in [1.29, 1.82) is 0 Å². The topological polar surface area (TPSA) is 37.1 Å². The largest absolute Gasteiger partial charge is 0.512 e. The second-order valence-electron chi connectivity index (χ2n) is 1.64. The van der Waals surface area contributed by atoms with Gasteiger partial charge in [-0.1, -0.05) is 0 Å². The maximum Gasteiger partial charge on any atom is 0.512 e. The van der Waals surface area contributed by atoms with Crippen molar-refractivity contribution in [2.75, 3.05) is 0 Å². The van der Waals surface area contributed by atoms with Gasteiger partial charge in [0, 0.05) is 0 Å². The van der Waals surface area contributed by atoms with Crippen LogP contribution in [0.15, 0.2) is 15.0 Å². The van der Waals surface area contributed by atoms with Crippen LogP contribution in [0.3, 0.4) is 0 Å². The maximum atomic E-state index is 11.8. The van der Waals surface area contributed by atoms with Crippen molar-refractivity contribution in [2.45, 2.75) is 12.6 Å². The molecule has 0 saturated heterocycles. The van der Waals surface area contributed by atoms with E-state index in [-0.39, 0.29) is 0 Å². The Labute approximate surface area is 71.7 Å². The third-order valence-corrected chi connectivity index (χ3v) is 0.538. The molecule has 0 bridgehead atoms. The van der Waals surface area contributed by atoms with E-state index in [2.05, 4.69) is 0 Å². The van der Waals surface area contributed by atoms with Gasteiger partial charge in [-0.25, -0.2) is 0 Å². The number of halogens is 7. The van der Waals surface area contributed by atoms with Crippen molar-refractivity contribution in [3.05, 3.63) is 0 Å². The minimum Gasteiger partial charge on any atom is -0.161 e. The molecular formula is C4F7N3. The lowest BCUT2D eigenvalue weighted by Gasteiger charge is -1.94. The van der Waals surface area contributed by atoms with Gasteiger partial charge in [-0.2, -0.15) is 4.39 Å². The van der Waals surface area contributed by atoms with Gasteiger partial charge >= 0.3 is 18.7 Å². The van der Waals surface area contributed by atoms with Crippen LogP contribution in [0.1, 0.15) is 0 Å². The third-order valence-electron chi connectivity index (χ3n) is 0.538. The summed E-state index contributed by atoms with van der Waals surface area (Å²) in [6.07, 6.45) is -12.7. The van der Waals surface area contributed by atoms with E-state index < -0.39 is 18.7 Å². The van der Waals surface area contributed by atoms with Gasteiger partial charge in [-0.05, 0) is 0 Å². The van der Waals surface area contributed by atoms with Crippen LogP contribution in [-0.2, 0) is 0 Å². The molecule has 0 rings (SSSR count).